The van der Waals surface area contributed by atoms with E-state index in [4.69, 9.17) is 4.74 Å². The molecule has 0 aliphatic rings. The number of nitro benzene ring substituents is 1. The monoisotopic (exact) mass is 440 g/mol. The van der Waals surface area contributed by atoms with Gasteiger partial charge in [0, 0.05) is 12.3 Å². The third-order valence-corrected chi connectivity index (χ3v) is 3.67. The van der Waals surface area contributed by atoms with Crippen LogP contribution in [0.1, 0.15) is 10.5 Å². The highest BCUT2D eigenvalue weighted by Crippen LogP contribution is 2.26. The van der Waals surface area contributed by atoms with Crippen molar-refractivity contribution in [2.45, 2.75) is 19.6 Å². The summed E-state index contributed by atoms with van der Waals surface area (Å²) in [5.41, 5.74) is 0.0439. The molecule has 1 aromatic carbocycles. The van der Waals surface area contributed by atoms with Gasteiger partial charge in [-0.1, -0.05) is 12.1 Å². The fourth-order valence-corrected chi connectivity index (χ4v) is 2.37. The number of para-hydroxylation sites is 2. The summed E-state index contributed by atoms with van der Waals surface area (Å²) in [5, 5.41) is 21.3. The second-order valence-corrected chi connectivity index (χ2v) is 6.05. The maximum atomic E-state index is 12.3. The fourth-order valence-electron chi connectivity index (χ4n) is 2.37. The number of benzene rings is 1. The molecule has 3 rings (SSSR count). The zero-order chi connectivity index (χ0) is 22.4. The Morgan fingerprint density at radius 2 is 1.97 bits per heavy atom. The van der Waals surface area contributed by atoms with E-state index in [0.29, 0.717) is 0 Å². The van der Waals surface area contributed by atoms with E-state index in [1.807, 2.05) is 0 Å². The second-order valence-electron chi connectivity index (χ2n) is 6.05. The Hall–Kier alpha value is -3.94. The quantitative estimate of drug-likeness (QED) is 0.400. The van der Waals surface area contributed by atoms with E-state index in [9.17, 15) is 28.1 Å². The van der Waals surface area contributed by atoms with Gasteiger partial charge in [-0.05, 0) is 12.1 Å². The molecule has 1 amide bonds. The van der Waals surface area contributed by atoms with Crippen molar-refractivity contribution in [2.75, 3.05) is 11.9 Å². The zero-order valence-corrected chi connectivity index (χ0v) is 15.7. The number of aromatic nitrogens is 4. The largest absolute Gasteiger partial charge is 0.464 e. The molecule has 0 spiro atoms. The van der Waals surface area contributed by atoms with Crippen molar-refractivity contribution in [1.29, 1.82) is 0 Å². The minimum atomic E-state index is -4.45. The molecule has 3 aromatic rings. The van der Waals surface area contributed by atoms with Gasteiger partial charge >= 0.3 is 11.9 Å². The SMILES string of the molecule is O=C(Nc1cnn(COCC(F)(F)F)c1)c1ccn(COc2ccccc2[N+](=O)[O-])n1. The van der Waals surface area contributed by atoms with Crippen molar-refractivity contribution in [1.82, 2.24) is 19.6 Å². The molecule has 1 N–H and O–H groups in total. The number of nitro groups is 1. The number of hydrogen-bond acceptors (Lipinski definition) is 7. The minimum Gasteiger partial charge on any atom is -0.464 e. The average Bonchev–Trinajstić information content (AvgIpc) is 3.35. The van der Waals surface area contributed by atoms with Crippen LogP contribution >= 0.6 is 0 Å². The lowest BCUT2D eigenvalue weighted by Crippen LogP contribution is -2.18. The van der Waals surface area contributed by atoms with E-state index in [-0.39, 0.29) is 29.5 Å². The summed E-state index contributed by atoms with van der Waals surface area (Å²) in [6.45, 7) is -2.03. The van der Waals surface area contributed by atoms with Gasteiger partial charge in [-0.25, -0.2) is 9.36 Å². The molecule has 0 aliphatic carbocycles. The van der Waals surface area contributed by atoms with Gasteiger partial charge in [-0.3, -0.25) is 14.9 Å². The van der Waals surface area contributed by atoms with Crippen LogP contribution < -0.4 is 10.1 Å². The third kappa shape index (κ3) is 6.27. The molecule has 31 heavy (non-hydrogen) atoms. The van der Waals surface area contributed by atoms with Crippen LogP contribution in [-0.4, -0.2) is 43.2 Å². The maximum absolute atomic E-state index is 12.3. The number of amides is 1. The first-order valence-corrected chi connectivity index (χ1v) is 8.59. The zero-order valence-electron chi connectivity index (χ0n) is 15.7. The normalized spacial score (nSPS) is 11.3. The maximum Gasteiger partial charge on any atom is 0.411 e. The Labute approximate surface area is 172 Å². The summed E-state index contributed by atoms with van der Waals surface area (Å²) < 4.78 is 48.4. The number of nitrogens with zero attached hydrogens (tertiary/aromatic N) is 5. The van der Waals surface area contributed by atoms with Gasteiger partial charge in [0.15, 0.2) is 18.2 Å². The number of ether oxygens (including phenoxy) is 2. The van der Waals surface area contributed by atoms with Crippen molar-refractivity contribution >= 4 is 17.3 Å². The number of rotatable bonds is 9. The first kappa shape index (κ1) is 21.8. The van der Waals surface area contributed by atoms with Crippen LogP contribution in [0.2, 0.25) is 0 Å². The molecule has 2 heterocycles. The Morgan fingerprint density at radius 3 is 2.71 bits per heavy atom. The van der Waals surface area contributed by atoms with Crippen LogP contribution in [0.15, 0.2) is 48.9 Å². The lowest BCUT2D eigenvalue weighted by atomic mass is 10.3. The number of alkyl halides is 3. The molecule has 0 radical (unpaired) electrons. The van der Waals surface area contributed by atoms with Gasteiger partial charge < -0.3 is 14.8 Å². The average molecular weight is 440 g/mol. The molecular weight excluding hydrogens is 425 g/mol. The first-order chi connectivity index (χ1) is 14.7. The van der Waals surface area contributed by atoms with Crippen LogP contribution in [0.4, 0.5) is 24.5 Å². The molecule has 0 atom stereocenters. The summed E-state index contributed by atoms with van der Waals surface area (Å²) in [6.07, 6.45) is -0.470. The number of halogens is 3. The number of nitrogens with one attached hydrogen (secondary N) is 1. The van der Waals surface area contributed by atoms with Gasteiger partial charge in [0.05, 0.1) is 23.0 Å². The molecule has 0 aliphatic heterocycles. The van der Waals surface area contributed by atoms with E-state index in [1.165, 1.54) is 47.5 Å². The summed E-state index contributed by atoms with van der Waals surface area (Å²) in [6, 6.07) is 7.22. The molecule has 14 heteroatoms. The van der Waals surface area contributed by atoms with E-state index in [2.05, 4.69) is 20.3 Å². The predicted molar refractivity (Wildman–Crippen MR) is 98.1 cm³/mol. The second kappa shape index (κ2) is 9.25. The van der Waals surface area contributed by atoms with Crippen LogP contribution in [0.25, 0.3) is 0 Å². The molecule has 0 saturated carbocycles. The van der Waals surface area contributed by atoms with Crippen molar-refractivity contribution < 1.29 is 32.4 Å². The standard InChI is InChI=1S/C17H15F3N6O5/c18-17(19,20)9-30-10-25-8-12(7-21-25)22-16(27)13-5-6-24(23-13)11-31-15-4-2-1-3-14(15)26(28)29/h1-8H,9-11H2,(H,22,27). The fraction of sp³-hybridized carbons (Fsp3) is 0.235. The molecular formula is C17H15F3N6O5. The highest BCUT2D eigenvalue weighted by Gasteiger charge is 2.27. The lowest BCUT2D eigenvalue weighted by Gasteiger charge is -2.07. The van der Waals surface area contributed by atoms with Crippen LogP contribution in [-0.2, 0) is 18.2 Å². The highest BCUT2D eigenvalue weighted by molar-refractivity contribution is 6.02. The number of anilines is 1. The molecule has 164 valence electrons. The number of carbonyl (C=O) groups excluding carboxylic acids is 1. The molecule has 0 bridgehead atoms. The third-order valence-electron chi connectivity index (χ3n) is 3.67. The highest BCUT2D eigenvalue weighted by atomic mass is 19.4. The van der Waals surface area contributed by atoms with E-state index >= 15 is 0 Å². The molecule has 11 nitrogen and oxygen atoms in total. The van der Waals surface area contributed by atoms with Crippen molar-refractivity contribution in [3.05, 3.63) is 64.7 Å². The van der Waals surface area contributed by atoms with Crippen molar-refractivity contribution in [3.8, 4) is 5.75 Å². The van der Waals surface area contributed by atoms with Gasteiger partial charge in [0.2, 0.25) is 0 Å². The number of hydrogen-bond donors (Lipinski definition) is 1. The van der Waals surface area contributed by atoms with Gasteiger partial charge in [-0.15, -0.1) is 0 Å². The Morgan fingerprint density at radius 1 is 1.19 bits per heavy atom. The molecule has 0 unspecified atom stereocenters. The summed E-state index contributed by atoms with van der Waals surface area (Å²) in [5.74, 6) is -0.547. The smallest absolute Gasteiger partial charge is 0.411 e. The van der Waals surface area contributed by atoms with E-state index in [0.717, 1.165) is 4.68 Å². The topological polar surface area (TPSA) is 126 Å². The summed E-state index contributed by atoms with van der Waals surface area (Å²) in [4.78, 5) is 22.7. The first-order valence-electron chi connectivity index (χ1n) is 8.59. The summed E-state index contributed by atoms with van der Waals surface area (Å²) in [7, 11) is 0. The molecule has 0 fully saturated rings. The van der Waals surface area contributed by atoms with Gasteiger partial charge in [0.1, 0.15) is 13.3 Å². The van der Waals surface area contributed by atoms with Crippen molar-refractivity contribution in [2.24, 2.45) is 0 Å². The summed E-state index contributed by atoms with van der Waals surface area (Å²) >= 11 is 0. The van der Waals surface area contributed by atoms with E-state index in [1.54, 1.807) is 6.07 Å². The van der Waals surface area contributed by atoms with Crippen LogP contribution in [0, 0.1) is 10.1 Å². The van der Waals surface area contributed by atoms with Crippen LogP contribution in [0.5, 0.6) is 5.75 Å². The minimum absolute atomic E-state index is 0.0206. The van der Waals surface area contributed by atoms with E-state index < -0.39 is 30.3 Å². The Balaban J connectivity index is 1.53. The molecule has 0 saturated heterocycles. The number of carbonyl (C=O) groups is 1. The van der Waals surface area contributed by atoms with Gasteiger partial charge in [-0.2, -0.15) is 23.4 Å². The molecule has 2 aromatic heterocycles. The predicted octanol–water partition coefficient (Wildman–Crippen LogP) is 2.81. The lowest BCUT2D eigenvalue weighted by molar-refractivity contribution is -0.386. The Kier molecular flexibility index (Phi) is 6.49. The van der Waals surface area contributed by atoms with Crippen LogP contribution in [0.3, 0.4) is 0 Å². The van der Waals surface area contributed by atoms with Gasteiger partial charge in [0.25, 0.3) is 5.91 Å². The Bertz CT molecular complexity index is 1060. The van der Waals surface area contributed by atoms with Crippen molar-refractivity contribution in [3.63, 3.8) is 0 Å².